The molecule has 1 atom stereocenters. The summed E-state index contributed by atoms with van der Waals surface area (Å²) >= 11 is 0. The molecule has 72 valence electrons. The Hall–Kier alpha value is -0.600. The number of benzene rings is 1. The van der Waals surface area contributed by atoms with Crippen molar-refractivity contribution in [1.29, 1.82) is 0 Å². The largest absolute Gasteiger partial charge is 0.327 e. The van der Waals surface area contributed by atoms with Crippen LogP contribution in [-0.2, 0) is 12.8 Å². The van der Waals surface area contributed by atoms with E-state index >= 15 is 0 Å². The second-order valence-electron chi connectivity index (χ2n) is 3.42. The molecule has 0 heterocycles. The van der Waals surface area contributed by atoms with E-state index in [0.29, 0.717) is 0 Å². The van der Waals surface area contributed by atoms with E-state index in [1.165, 1.54) is 11.6 Å². The summed E-state index contributed by atoms with van der Waals surface area (Å²) in [6.45, 7) is 0. The number of hydrogen-bond acceptors (Lipinski definition) is 1. The first-order valence-corrected chi connectivity index (χ1v) is 4.28. The standard InChI is InChI=1S/C10H12FN.ClH/c11-9-3-1-7-2-4-10(12)6-8(7)5-9;/h1,3,5,10H,2,4,6,12H2;1H/t10-;/m0./s1. The monoisotopic (exact) mass is 201 g/mol. The summed E-state index contributed by atoms with van der Waals surface area (Å²) in [5.74, 6) is -0.150. The minimum absolute atomic E-state index is 0. The summed E-state index contributed by atoms with van der Waals surface area (Å²) in [4.78, 5) is 0. The lowest BCUT2D eigenvalue weighted by molar-refractivity contribution is 0.566. The maximum absolute atomic E-state index is 12.8. The summed E-state index contributed by atoms with van der Waals surface area (Å²) < 4.78 is 12.8. The van der Waals surface area contributed by atoms with Crippen molar-refractivity contribution in [2.24, 2.45) is 5.73 Å². The molecule has 0 saturated carbocycles. The van der Waals surface area contributed by atoms with Crippen LogP contribution in [-0.4, -0.2) is 6.04 Å². The van der Waals surface area contributed by atoms with Crippen molar-refractivity contribution in [3.05, 3.63) is 35.1 Å². The summed E-state index contributed by atoms with van der Waals surface area (Å²) in [7, 11) is 0. The minimum Gasteiger partial charge on any atom is -0.327 e. The number of halogens is 2. The fourth-order valence-corrected chi connectivity index (χ4v) is 1.75. The van der Waals surface area contributed by atoms with Crippen LogP contribution < -0.4 is 5.73 Å². The quantitative estimate of drug-likeness (QED) is 0.683. The van der Waals surface area contributed by atoms with E-state index in [2.05, 4.69) is 0 Å². The molecule has 1 aliphatic rings. The molecule has 0 aromatic heterocycles. The summed E-state index contributed by atoms with van der Waals surface area (Å²) in [6, 6.07) is 5.22. The molecular weight excluding hydrogens is 189 g/mol. The molecule has 0 radical (unpaired) electrons. The van der Waals surface area contributed by atoms with Gasteiger partial charge in [0.15, 0.2) is 0 Å². The van der Waals surface area contributed by atoms with Gasteiger partial charge in [-0.1, -0.05) is 6.07 Å². The van der Waals surface area contributed by atoms with E-state index in [0.717, 1.165) is 24.8 Å². The van der Waals surface area contributed by atoms with E-state index in [-0.39, 0.29) is 24.3 Å². The maximum atomic E-state index is 12.8. The van der Waals surface area contributed by atoms with Crippen LogP contribution in [0, 0.1) is 5.82 Å². The Kier molecular flexibility index (Phi) is 3.28. The molecule has 0 saturated heterocycles. The minimum atomic E-state index is -0.150. The Morgan fingerprint density at radius 2 is 2.08 bits per heavy atom. The maximum Gasteiger partial charge on any atom is 0.123 e. The van der Waals surface area contributed by atoms with Crippen LogP contribution >= 0.6 is 12.4 Å². The Bertz CT molecular complexity index is 301. The van der Waals surface area contributed by atoms with Crippen molar-refractivity contribution < 1.29 is 4.39 Å². The van der Waals surface area contributed by atoms with Gasteiger partial charge in [0.25, 0.3) is 0 Å². The SMILES string of the molecule is Cl.N[C@H]1CCc2ccc(F)cc2C1. The van der Waals surface area contributed by atoms with Gasteiger partial charge in [0.05, 0.1) is 0 Å². The molecule has 0 spiro atoms. The Labute approximate surface area is 83.5 Å². The number of aryl methyl sites for hydroxylation is 1. The van der Waals surface area contributed by atoms with Crippen molar-refractivity contribution in [2.75, 3.05) is 0 Å². The molecule has 0 fully saturated rings. The molecular formula is C10H13ClFN. The third kappa shape index (κ3) is 2.20. The lowest BCUT2D eigenvalue weighted by Gasteiger charge is -2.20. The predicted molar refractivity (Wildman–Crippen MR) is 53.6 cm³/mol. The average Bonchev–Trinajstić information content (AvgIpc) is 2.03. The van der Waals surface area contributed by atoms with E-state index in [9.17, 15) is 4.39 Å². The number of nitrogens with two attached hydrogens (primary N) is 1. The van der Waals surface area contributed by atoms with Crippen LogP contribution in [0.3, 0.4) is 0 Å². The number of hydrogen-bond donors (Lipinski definition) is 1. The fourth-order valence-electron chi connectivity index (χ4n) is 1.75. The second-order valence-corrected chi connectivity index (χ2v) is 3.42. The van der Waals surface area contributed by atoms with Gasteiger partial charge >= 0.3 is 0 Å². The Morgan fingerprint density at radius 1 is 1.31 bits per heavy atom. The van der Waals surface area contributed by atoms with Gasteiger partial charge in [-0.3, -0.25) is 0 Å². The summed E-state index contributed by atoms with van der Waals surface area (Å²) in [5.41, 5.74) is 8.13. The summed E-state index contributed by atoms with van der Waals surface area (Å²) in [6.07, 6.45) is 2.85. The normalized spacial score (nSPS) is 20.3. The highest BCUT2D eigenvalue weighted by atomic mass is 35.5. The number of rotatable bonds is 0. The Morgan fingerprint density at radius 3 is 2.85 bits per heavy atom. The zero-order chi connectivity index (χ0) is 8.55. The van der Waals surface area contributed by atoms with Gasteiger partial charge in [-0.25, -0.2) is 4.39 Å². The van der Waals surface area contributed by atoms with Gasteiger partial charge in [0.2, 0.25) is 0 Å². The first kappa shape index (κ1) is 10.5. The molecule has 13 heavy (non-hydrogen) atoms. The number of fused-ring (bicyclic) bond motifs is 1. The highest BCUT2D eigenvalue weighted by molar-refractivity contribution is 5.85. The molecule has 0 aliphatic heterocycles. The van der Waals surface area contributed by atoms with Gasteiger partial charge in [-0.05, 0) is 42.5 Å². The highest BCUT2D eigenvalue weighted by Crippen LogP contribution is 2.20. The molecule has 1 aromatic rings. The van der Waals surface area contributed by atoms with Crippen molar-refractivity contribution in [3.63, 3.8) is 0 Å². The first-order chi connectivity index (χ1) is 5.75. The zero-order valence-electron chi connectivity index (χ0n) is 7.29. The molecule has 0 unspecified atom stereocenters. The van der Waals surface area contributed by atoms with Crippen molar-refractivity contribution >= 4 is 12.4 Å². The predicted octanol–water partition coefficient (Wildman–Crippen LogP) is 2.06. The molecule has 2 rings (SSSR count). The zero-order valence-corrected chi connectivity index (χ0v) is 8.11. The van der Waals surface area contributed by atoms with E-state index in [4.69, 9.17) is 5.73 Å². The van der Waals surface area contributed by atoms with Crippen LogP contribution in [0.1, 0.15) is 17.5 Å². The van der Waals surface area contributed by atoms with Crippen LogP contribution in [0.4, 0.5) is 4.39 Å². The second kappa shape index (κ2) is 4.07. The van der Waals surface area contributed by atoms with Gasteiger partial charge < -0.3 is 5.73 Å². The molecule has 1 aromatic carbocycles. The lowest BCUT2D eigenvalue weighted by atomic mass is 9.89. The Balaban J connectivity index is 0.000000845. The molecule has 0 bridgehead atoms. The lowest BCUT2D eigenvalue weighted by Crippen LogP contribution is -2.27. The van der Waals surface area contributed by atoms with Gasteiger partial charge in [0.1, 0.15) is 5.82 Å². The summed E-state index contributed by atoms with van der Waals surface area (Å²) in [5, 5.41) is 0. The van der Waals surface area contributed by atoms with Crippen molar-refractivity contribution in [3.8, 4) is 0 Å². The molecule has 1 nitrogen and oxygen atoms in total. The van der Waals surface area contributed by atoms with E-state index < -0.39 is 0 Å². The molecule has 0 amide bonds. The molecule has 1 aliphatic carbocycles. The fraction of sp³-hybridized carbons (Fsp3) is 0.400. The van der Waals surface area contributed by atoms with Crippen molar-refractivity contribution in [1.82, 2.24) is 0 Å². The van der Waals surface area contributed by atoms with E-state index in [1.54, 1.807) is 6.07 Å². The van der Waals surface area contributed by atoms with E-state index in [1.807, 2.05) is 6.07 Å². The van der Waals surface area contributed by atoms with Crippen LogP contribution in [0.25, 0.3) is 0 Å². The van der Waals surface area contributed by atoms with Gasteiger partial charge in [-0.2, -0.15) is 0 Å². The molecule has 3 heteroatoms. The first-order valence-electron chi connectivity index (χ1n) is 4.28. The third-order valence-electron chi connectivity index (χ3n) is 2.43. The molecule has 2 N–H and O–H groups in total. The van der Waals surface area contributed by atoms with Gasteiger partial charge in [-0.15, -0.1) is 12.4 Å². The van der Waals surface area contributed by atoms with Gasteiger partial charge in [0, 0.05) is 6.04 Å². The average molecular weight is 202 g/mol. The highest BCUT2D eigenvalue weighted by Gasteiger charge is 2.15. The topological polar surface area (TPSA) is 26.0 Å². The van der Waals surface area contributed by atoms with Crippen LogP contribution in [0.15, 0.2) is 18.2 Å². The van der Waals surface area contributed by atoms with Crippen molar-refractivity contribution in [2.45, 2.75) is 25.3 Å². The van der Waals surface area contributed by atoms with Crippen LogP contribution in [0.5, 0.6) is 0 Å². The van der Waals surface area contributed by atoms with Crippen LogP contribution in [0.2, 0.25) is 0 Å². The smallest absolute Gasteiger partial charge is 0.123 e. The third-order valence-corrected chi connectivity index (χ3v) is 2.43.